The molecule has 0 unspecified atom stereocenters. The first-order valence-electron chi connectivity index (χ1n) is 29.9. The number of halogens is 3. The molecule has 2 aromatic heterocycles. The van der Waals surface area contributed by atoms with Gasteiger partial charge in [-0.1, -0.05) is 65.2 Å². The summed E-state index contributed by atoms with van der Waals surface area (Å²) in [5.74, 6) is -12.3. The van der Waals surface area contributed by atoms with Gasteiger partial charge in [0.1, 0.15) is 40.6 Å². The summed E-state index contributed by atoms with van der Waals surface area (Å²) in [6.45, 7) is 14.9. The summed E-state index contributed by atoms with van der Waals surface area (Å²) < 4.78 is 70.1. The molecule has 5 aliphatic heterocycles. The summed E-state index contributed by atoms with van der Waals surface area (Å²) in [4.78, 5) is 106. The van der Waals surface area contributed by atoms with Gasteiger partial charge >= 0.3 is 11.8 Å². The number of aromatic hydroxyl groups is 1. The number of likely N-dealkylation sites (tertiary alicyclic amines) is 1. The number of ether oxygens (including phenoxy) is 4. The maximum atomic E-state index is 15.9. The summed E-state index contributed by atoms with van der Waals surface area (Å²) in [5, 5.41) is 37.5. The van der Waals surface area contributed by atoms with Gasteiger partial charge < -0.3 is 49.4 Å². The number of hydrogen-bond donors (Lipinski definition) is 4. The van der Waals surface area contributed by atoms with Crippen LogP contribution >= 0.6 is 0 Å². The highest BCUT2D eigenvalue weighted by atomic mass is 19.1. The van der Waals surface area contributed by atoms with Crippen LogP contribution in [-0.2, 0) is 23.8 Å². The lowest BCUT2D eigenvalue weighted by molar-refractivity contribution is -0.160. The van der Waals surface area contributed by atoms with E-state index in [4.69, 9.17) is 18.9 Å². The van der Waals surface area contributed by atoms with Crippen LogP contribution in [0.15, 0.2) is 82.8 Å². The lowest BCUT2D eigenvalue weighted by atomic mass is 9.78. The van der Waals surface area contributed by atoms with Crippen LogP contribution in [0.2, 0.25) is 0 Å². The minimum Gasteiger partial charge on any atom is -0.507 e. The smallest absolute Gasteiger partial charge is 0.312 e. The van der Waals surface area contributed by atoms with E-state index in [1.165, 1.54) is 57.8 Å². The van der Waals surface area contributed by atoms with Crippen molar-refractivity contribution in [3.63, 3.8) is 0 Å². The molecule has 4 aromatic rings. The first kappa shape index (κ1) is 64.5. The molecule has 19 nitrogen and oxygen atoms in total. The van der Waals surface area contributed by atoms with Crippen molar-refractivity contribution in [2.75, 3.05) is 38.2 Å². The molecule has 2 fully saturated rings. The van der Waals surface area contributed by atoms with Crippen LogP contribution in [0.25, 0.3) is 16.7 Å². The number of pyridine rings is 2. The van der Waals surface area contributed by atoms with Crippen LogP contribution in [0.3, 0.4) is 0 Å². The maximum absolute atomic E-state index is 15.9. The number of esters is 1. The van der Waals surface area contributed by atoms with E-state index in [-0.39, 0.29) is 86.9 Å². The Morgan fingerprint density at radius 1 is 0.818 bits per heavy atom. The van der Waals surface area contributed by atoms with Gasteiger partial charge in [0.2, 0.25) is 17.0 Å². The Labute approximate surface area is 507 Å². The predicted molar refractivity (Wildman–Crippen MR) is 318 cm³/mol. The van der Waals surface area contributed by atoms with Crippen LogP contribution in [0.4, 0.5) is 19.0 Å². The Morgan fingerprint density at radius 3 is 2.08 bits per heavy atom. The lowest BCUT2D eigenvalue weighted by Gasteiger charge is -2.38. The Hall–Kier alpha value is -7.95. The number of methoxy groups -OCH3 is 1. The fraction of sp³-hybridized carbons (Fsp3) is 0.485. The second-order valence-electron chi connectivity index (χ2n) is 24.4. The van der Waals surface area contributed by atoms with Crippen molar-refractivity contribution in [2.45, 2.75) is 137 Å². The van der Waals surface area contributed by atoms with Gasteiger partial charge in [-0.3, -0.25) is 38.1 Å². The molecule has 470 valence electrons. The van der Waals surface area contributed by atoms with E-state index < -0.39 is 129 Å². The van der Waals surface area contributed by atoms with Gasteiger partial charge in [-0.2, -0.15) is 0 Å². The van der Waals surface area contributed by atoms with Gasteiger partial charge in [-0.25, -0.2) is 18.2 Å². The number of nitrogens with one attached hydrogen (secondary N) is 1. The molecule has 1 amide bonds. The number of piperidine rings is 2. The van der Waals surface area contributed by atoms with Crippen molar-refractivity contribution in [1.82, 2.24) is 19.8 Å². The highest BCUT2D eigenvalue weighted by Gasteiger charge is 2.53. The first-order chi connectivity index (χ1) is 41.7. The van der Waals surface area contributed by atoms with Crippen LogP contribution in [0, 0.1) is 59.9 Å². The molecule has 6 aliphatic rings. The number of hydrogen-bond acceptors (Lipinski definition) is 17. The number of rotatable bonds is 10. The van der Waals surface area contributed by atoms with E-state index in [2.05, 4.69) is 10.3 Å². The van der Waals surface area contributed by atoms with Crippen LogP contribution < -0.4 is 20.4 Å². The number of phenols is 1. The average molecular weight is 1220 g/mol. The Kier molecular flexibility index (Phi) is 19.1. The van der Waals surface area contributed by atoms with Crippen LogP contribution in [0.5, 0.6) is 11.5 Å². The second kappa shape index (κ2) is 26.0. The molecule has 22 heteroatoms. The predicted octanol–water partition coefficient (Wildman–Crippen LogP) is 9.08. The molecule has 0 spiro atoms. The summed E-state index contributed by atoms with van der Waals surface area (Å²) in [6, 6.07) is 3.85. The normalized spacial score (nSPS) is 27.4. The number of aromatic nitrogens is 2. The summed E-state index contributed by atoms with van der Waals surface area (Å²) in [5.41, 5.74) is -2.98. The number of carbonyl (C=O) groups excluding carboxylic acids is 6. The number of anilines is 1. The zero-order valence-electron chi connectivity index (χ0n) is 51.1. The molecule has 2 aromatic carbocycles. The van der Waals surface area contributed by atoms with E-state index in [1.54, 1.807) is 49.6 Å². The molecule has 10 rings (SSSR count). The van der Waals surface area contributed by atoms with E-state index >= 15 is 18.4 Å². The molecule has 7 heterocycles. The minimum absolute atomic E-state index is 0.0323. The number of carbonyl (C=O) groups is 6. The summed E-state index contributed by atoms with van der Waals surface area (Å²) in [7, 11) is 1.41. The number of amides is 1. The molecular weight excluding hydrogens is 1140 g/mol. The van der Waals surface area contributed by atoms with Gasteiger partial charge in [-0.05, 0) is 82.6 Å². The van der Waals surface area contributed by atoms with Crippen molar-refractivity contribution in [1.29, 1.82) is 0 Å². The SMILES string of the molecule is CO[C@H]1/C=C/O[C@@]2(C)Oc3c(C)c(O)c4c(c3C2=O)C(=O)C(N2CCC(CCCC3CCN(c5nc6c(cc5F)c(=O)c(C(C)=O)cn6-c5ccc(F)cc5F)CC3)CC2)=C(NC(=O)/C(C)=C\C=C\[C@H](C)[C@H](O)[C@@H](C)[C@@H](O)[C@@H](C)[C@H](OC(C)=O)[C@@H]1C)C4=O. The van der Waals surface area contributed by atoms with Crippen LogP contribution in [0.1, 0.15) is 147 Å². The third-order valence-corrected chi connectivity index (χ3v) is 18.5. The number of aliphatic hydroxyl groups excluding tert-OH is 2. The zero-order valence-corrected chi connectivity index (χ0v) is 51.1. The molecule has 4 N–H and O–H groups in total. The number of allylic oxidation sites excluding steroid dienone is 4. The Bertz CT molecular complexity index is 3670. The fourth-order valence-electron chi connectivity index (χ4n) is 13.1. The summed E-state index contributed by atoms with van der Waals surface area (Å²) in [6.07, 6.45) is 9.46. The van der Waals surface area contributed by atoms with Gasteiger partial charge in [0.15, 0.2) is 23.1 Å². The maximum Gasteiger partial charge on any atom is 0.312 e. The second-order valence-corrected chi connectivity index (χ2v) is 24.4. The van der Waals surface area contributed by atoms with E-state index in [9.17, 15) is 43.7 Å². The highest BCUT2D eigenvalue weighted by molar-refractivity contribution is 6.32. The zero-order chi connectivity index (χ0) is 64.0. The quantitative estimate of drug-likeness (QED) is 0.0853. The number of benzene rings is 2. The van der Waals surface area contributed by atoms with E-state index in [1.807, 2.05) is 0 Å². The molecule has 1 aliphatic carbocycles. The van der Waals surface area contributed by atoms with E-state index in [0.717, 1.165) is 50.6 Å². The molecule has 88 heavy (non-hydrogen) atoms. The van der Waals surface area contributed by atoms with Gasteiger partial charge in [0, 0.05) is 94.2 Å². The topological polar surface area (TPSA) is 253 Å². The Morgan fingerprint density at radius 2 is 1.47 bits per heavy atom. The third-order valence-electron chi connectivity index (χ3n) is 18.5. The number of Topliss-reactive ketones (excluding diaryl/α,β-unsaturated/α-hetero) is 4. The first-order valence-corrected chi connectivity index (χ1v) is 29.9. The highest BCUT2D eigenvalue weighted by Crippen LogP contribution is 2.49. The number of fused-ring (bicyclic) bond motifs is 15. The van der Waals surface area contributed by atoms with Crippen molar-refractivity contribution >= 4 is 51.9 Å². The van der Waals surface area contributed by atoms with Crippen molar-refractivity contribution in [3.05, 3.63) is 133 Å². The van der Waals surface area contributed by atoms with Crippen molar-refractivity contribution in [2.24, 2.45) is 35.5 Å². The van der Waals surface area contributed by atoms with Gasteiger partial charge in [0.05, 0.1) is 57.9 Å². The number of nitrogens with zero attached hydrogens (tertiary/aromatic N) is 4. The number of aliphatic hydroxyl groups is 2. The van der Waals surface area contributed by atoms with E-state index in [0.29, 0.717) is 44.8 Å². The average Bonchev–Trinajstić information content (AvgIpc) is 1.43. The largest absolute Gasteiger partial charge is 0.507 e. The monoisotopic (exact) mass is 1220 g/mol. The van der Waals surface area contributed by atoms with Crippen LogP contribution in [-0.4, -0.2) is 128 Å². The third kappa shape index (κ3) is 12.4. The van der Waals surface area contributed by atoms with Crippen molar-refractivity contribution in [3.8, 4) is 17.2 Å². The summed E-state index contributed by atoms with van der Waals surface area (Å²) >= 11 is 0. The van der Waals surface area contributed by atoms with Gasteiger partial charge in [-0.15, -0.1) is 0 Å². The molecule has 5 bridgehead atoms. The standard InChI is InChI=1S/C66H76F3N5O14/c1-32-13-11-14-33(2)65(84)70-52-53(59(82)49-50(58(52)81)56(79)37(6)61-51(49)62(83)66(9,88-61)86-28-23-48(85-10)34(3)60(87-39(8)76)36(5)55(78)35(4)54(32)77)72-24-19-40(20-25-72)15-12-16-41-21-26-73(27-22-41)64-46(69)30-43-57(80)44(38(7)75)31-74(63(43)71-64)47-18-17-42(67)29-45(47)68/h11,13-14,17-18,23,28-32,34-36,40-41,48,54-55,60,77-79H,12,15-16,19-22,24-27H2,1-10H3,(H,70,84)/b13-11+,28-23+,33-14-/t32-,34+,35+,36+,48-,54-,55+,60+,66-/m0/s1. The minimum atomic E-state index is -2.15. The fourth-order valence-corrected chi connectivity index (χ4v) is 13.1. The Balaban J connectivity index is 0.937. The van der Waals surface area contributed by atoms with Crippen molar-refractivity contribution < 1.29 is 76.2 Å². The lowest BCUT2D eigenvalue weighted by Crippen LogP contribution is -2.46. The molecule has 0 saturated carbocycles. The number of ketones is 4. The van der Waals surface area contributed by atoms with Gasteiger partial charge in [0.25, 0.3) is 11.7 Å². The molecule has 2 saturated heterocycles. The molecule has 9 atom stereocenters. The number of phenolic OH excluding ortho intramolecular Hbond substituents is 1. The molecule has 0 radical (unpaired) electrons. The molecular formula is C66H76F3N5O14.